The van der Waals surface area contributed by atoms with Crippen LogP contribution >= 0.6 is 12.4 Å². The van der Waals surface area contributed by atoms with Crippen LogP contribution in [0.3, 0.4) is 0 Å². The van der Waals surface area contributed by atoms with Gasteiger partial charge in [0.25, 0.3) is 0 Å². The van der Waals surface area contributed by atoms with Crippen LogP contribution in [-0.2, 0) is 19.6 Å². The molecule has 0 aromatic heterocycles. The zero-order valence-corrected chi connectivity index (χ0v) is 15.6. The highest BCUT2D eigenvalue weighted by Gasteiger charge is 2.31. The van der Waals surface area contributed by atoms with E-state index in [-0.39, 0.29) is 24.4 Å². The van der Waals surface area contributed by atoms with E-state index < -0.39 is 10.0 Å². The van der Waals surface area contributed by atoms with Crippen LogP contribution in [0.15, 0.2) is 35.2 Å². The first-order valence-corrected chi connectivity index (χ1v) is 9.68. The summed E-state index contributed by atoms with van der Waals surface area (Å²) in [6.07, 6.45) is 0.630. The summed E-state index contributed by atoms with van der Waals surface area (Å²) in [6.45, 7) is 3.38. The maximum absolute atomic E-state index is 12.7. The molecule has 1 aromatic rings. The molecule has 2 aliphatic rings. The second kappa shape index (κ2) is 8.95. The van der Waals surface area contributed by atoms with Crippen LogP contribution in [0.5, 0.6) is 0 Å². The third kappa shape index (κ3) is 4.71. The molecule has 7 nitrogen and oxygen atoms in total. The van der Waals surface area contributed by atoms with Gasteiger partial charge in [0, 0.05) is 32.7 Å². The fourth-order valence-electron chi connectivity index (χ4n) is 3.04. The normalized spacial score (nSPS) is 22.7. The summed E-state index contributed by atoms with van der Waals surface area (Å²) in [4.78, 5) is 14.6. The van der Waals surface area contributed by atoms with E-state index in [1.807, 2.05) is 0 Å². The Labute approximate surface area is 154 Å². The fraction of sp³-hybridized carbons (Fsp3) is 0.562. The van der Waals surface area contributed by atoms with Crippen molar-refractivity contribution < 1.29 is 17.9 Å². The van der Waals surface area contributed by atoms with Crippen molar-refractivity contribution in [2.45, 2.75) is 17.4 Å². The molecular formula is C16H24ClN3O4S. The molecule has 0 saturated carbocycles. The summed E-state index contributed by atoms with van der Waals surface area (Å²) in [5.74, 6) is -0.00587. The summed E-state index contributed by atoms with van der Waals surface area (Å²) < 4.78 is 32.2. The zero-order chi connectivity index (χ0) is 17.0. The molecular weight excluding hydrogens is 366 g/mol. The van der Waals surface area contributed by atoms with Gasteiger partial charge in [-0.1, -0.05) is 18.2 Å². The zero-order valence-electron chi connectivity index (χ0n) is 14.0. The van der Waals surface area contributed by atoms with Gasteiger partial charge in [0.15, 0.2) is 0 Å². The molecule has 0 bridgehead atoms. The molecule has 2 heterocycles. The number of sulfonamides is 1. The molecule has 1 atom stereocenters. The summed E-state index contributed by atoms with van der Waals surface area (Å²) in [6, 6.07) is 8.11. The number of amides is 1. The predicted molar refractivity (Wildman–Crippen MR) is 96.3 cm³/mol. The molecule has 1 amide bonds. The lowest BCUT2D eigenvalue weighted by molar-refractivity contribution is -0.136. The highest BCUT2D eigenvalue weighted by molar-refractivity contribution is 7.89. The Morgan fingerprint density at radius 1 is 1.12 bits per heavy atom. The number of carbonyl (C=O) groups excluding carboxylic acids is 1. The van der Waals surface area contributed by atoms with E-state index in [2.05, 4.69) is 5.32 Å². The number of benzene rings is 1. The van der Waals surface area contributed by atoms with Gasteiger partial charge in [-0.25, -0.2) is 8.42 Å². The van der Waals surface area contributed by atoms with Crippen LogP contribution in [-0.4, -0.2) is 75.5 Å². The molecule has 1 N–H and O–H groups in total. The summed E-state index contributed by atoms with van der Waals surface area (Å²) in [5, 5.41) is 3.16. The Hall–Kier alpha value is -1.19. The molecule has 140 valence electrons. The van der Waals surface area contributed by atoms with Gasteiger partial charge in [-0.3, -0.25) is 4.79 Å². The Morgan fingerprint density at radius 3 is 2.56 bits per heavy atom. The monoisotopic (exact) mass is 389 g/mol. The van der Waals surface area contributed by atoms with Crippen molar-refractivity contribution in [2.75, 3.05) is 45.9 Å². The molecule has 0 radical (unpaired) electrons. The van der Waals surface area contributed by atoms with Gasteiger partial charge < -0.3 is 15.0 Å². The number of rotatable bonds is 3. The van der Waals surface area contributed by atoms with Crippen molar-refractivity contribution >= 4 is 28.3 Å². The molecule has 0 spiro atoms. The lowest BCUT2D eigenvalue weighted by Gasteiger charge is -2.29. The van der Waals surface area contributed by atoms with E-state index >= 15 is 0 Å². The first-order valence-electron chi connectivity index (χ1n) is 8.24. The van der Waals surface area contributed by atoms with Gasteiger partial charge in [-0.05, 0) is 18.6 Å². The number of nitrogens with one attached hydrogen (secondary N) is 1. The van der Waals surface area contributed by atoms with Crippen molar-refractivity contribution in [3.63, 3.8) is 0 Å². The van der Waals surface area contributed by atoms with Crippen LogP contribution in [0, 0.1) is 0 Å². The largest absolute Gasteiger partial charge is 0.378 e. The van der Waals surface area contributed by atoms with Gasteiger partial charge in [-0.15, -0.1) is 12.4 Å². The molecule has 3 rings (SSSR count). The number of halogens is 1. The fourth-order valence-corrected chi connectivity index (χ4v) is 4.53. The van der Waals surface area contributed by atoms with Crippen molar-refractivity contribution in [3.05, 3.63) is 30.3 Å². The van der Waals surface area contributed by atoms with Crippen LogP contribution in [0.2, 0.25) is 0 Å². The molecule has 2 saturated heterocycles. The number of hydrogen-bond acceptors (Lipinski definition) is 5. The number of hydrogen-bond donors (Lipinski definition) is 1. The van der Waals surface area contributed by atoms with Crippen LogP contribution < -0.4 is 5.32 Å². The van der Waals surface area contributed by atoms with Gasteiger partial charge in [0.05, 0.1) is 18.1 Å². The average molecular weight is 390 g/mol. The van der Waals surface area contributed by atoms with Gasteiger partial charge >= 0.3 is 0 Å². The van der Waals surface area contributed by atoms with Gasteiger partial charge in [0.2, 0.25) is 15.9 Å². The van der Waals surface area contributed by atoms with E-state index in [1.165, 1.54) is 4.31 Å². The Balaban J connectivity index is 0.00000225. The van der Waals surface area contributed by atoms with Crippen LogP contribution in [0.1, 0.15) is 6.42 Å². The highest BCUT2D eigenvalue weighted by Crippen LogP contribution is 2.17. The first-order chi connectivity index (χ1) is 11.6. The summed E-state index contributed by atoms with van der Waals surface area (Å²) >= 11 is 0. The minimum absolute atomic E-state index is 0. The van der Waals surface area contributed by atoms with Crippen molar-refractivity contribution in [1.82, 2.24) is 14.5 Å². The summed E-state index contributed by atoms with van der Waals surface area (Å²) in [5.41, 5.74) is 0. The molecule has 1 aromatic carbocycles. The first kappa shape index (κ1) is 20.1. The van der Waals surface area contributed by atoms with E-state index in [0.29, 0.717) is 57.3 Å². The molecule has 2 fully saturated rings. The second-order valence-electron chi connectivity index (χ2n) is 5.98. The minimum Gasteiger partial charge on any atom is -0.378 e. The number of ether oxygens (including phenoxy) is 1. The molecule has 9 heteroatoms. The smallest absolute Gasteiger partial charge is 0.243 e. The second-order valence-corrected chi connectivity index (χ2v) is 7.92. The quantitative estimate of drug-likeness (QED) is 0.805. The van der Waals surface area contributed by atoms with Crippen LogP contribution in [0.4, 0.5) is 0 Å². The van der Waals surface area contributed by atoms with Crippen molar-refractivity contribution in [2.24, 2.45) is 0 Å². The number of carbonyl (C=O) groups is 1. The van der Waals surface area contributed by atoms with E-state index in [0.717, 1.165) is 0 Å². The van der Waals surface area contributed by atoms with Gasteiger partial charge in [-0.2, -0.15) is 4.31 Å². The molecule has 25 heavy (non-hydrogen) atoms. The third-order valence-corrected chi connectivity index (χ3v) is 6.28. The van der Waals surface area contributed by atoms with E-state index in [4.69, 9.17) is 4.74 Å². The topological polar surface area (TPSA) is 79.0 Å². The Kier molecular flexibility index (Phi) is 7.21. The van der Waals surface area contributed by atoms with Crippen molar-refractivity contribution in [3.8, 4) is 0 Å². The maximum Gasteiger partial charge on any atom is 0.243 e. The predicted octanol–water partition coefficient (Wildman–Crippen LogP) is 0.320. The third-order valence-electron chi connectivity index (χ3n) is 4.37. The minimum atomic E-state index is -3.50. The van der Waals surface area contributed by atoms with Crippen LogP contribution in [0.25, 0.3) is 0 Å². The molecule has 1 unspecified atom stereocenters. The Bertz CT molecular complexity index is 665. The Morgan fingerprint density at radius 2 is 1.88 bits per heavy atom. The lowest BCUT2D eigenvalue weighted by atomic mass is 10.2. The van der Waals surface area contributed by atoms with E-state index in [9.17, 15) is 13.2 Å². The summed E-state index contributed by atoms with van der Waals surface area (Å²) in [7, 11) is -3.50. The van der Waals surface area contributed by atoms with Crippen molar-refractivity contribution in [1.29, 1.82) is 0 Å². The highest BCUT2D eigenvalue weighted by atomic mass is 35.5. The molecule has 2 aliphatic heterocycles. The standard InChI is InChI=1S/C16H23N3O4S.ClH/c20-16(15-13-23-12-7-17-15)18-8-4-9-19(11-10-18)24(21,22)14-5-2-1-3-6-14;/h1-3,5-6,15,17H,4,7-13H2;1H. The average Bonchev–Trinajstić information content (AvgIpc) is 2.89. The number of morpholine rings is 1. The molecule has 0 aliphatic carbocycles. The van der Waals surface area contributed by atoms with E-state index in [1.54, 1.807) is 35.2 Å². The number of nitrogens with zero attached hydrogens (tertiary/aromatic N) is 2. The van der Waals surface area contributed by atoms with Gasteiger partial charge in [0.1, 0.15) is 6.04 Å². The maximum atomic E-state index is 12.7. The SMILES string of the molecule is Cl.O=C(C1COCCN1)N1CCCN(S(=O)(=O)c2ccccc2)CC1. The lowest BCUT2D eigenvalue weighted by Crippen LogP contribution is -2.53.